The predicted octanol–water partition coefficient (Wildman–Crippen LogP) is 2.23. The summed E-state index contributed by atoms with van der Waals surface area (Å²) in [4.78, 5) is 14.0. The van der Waals surface area contributed by atoms with Crippen LogP contribution in [0.15, 0.2) is 24.3 Å². The first-order chi connectivity index (χ1) is 11.7. The third-order valence-corrected chi connectivity index (χ3v) is 4.44. The van der Waals surface area contributed by atoms with Crippen molar-refractivity contribution in [2.75, 3.05) is 13.1 Å². The Balaban J connectivity index is 0.00000225. The molecule has 0 bridgehead atoms. The first kappa shape index (κ1) is 19.6. The summed E-state index contributed by atoms with van der Waals surface area (Å²) >= 11 is 5.89. The van der Waals surface area contributed by atoms with Crippen LogP contribution in [0, 0.1) is 0 Å². The molecule has 3 rings (SSSR count). The Morgan fingerprint density at radius 3 is 2.68 bits per heavy atom. The van der Waals surface area contributed by atoms with E-state index >= 15 is 0 Å². The molecule has 0 radical (unpaired) electrons. The van der Waals surface area contributed by atoms with Crippen molar-refractivity contribution in [3.8, 4) is 11.4 Å². The molecule has 25 heavy (non-hydrogen) atoms. The lowest BCUT2D eigenvalue weighted by molar-refractivity contribution is -0.126. The quantitative estimate of drug-likeness (QED) is 0.825. The molecule has 1 saturated heterocycles. The topological polar surface area (TPSA) is 84.7 Å². The number of amides is 1. The number of tetrazole rings is 1. The van der Waals surface area contributed by atoms with Crippen molar-refractivity contribution in [2.24, 2.45) is 0 Å². The van der Waals surface area contributed by atoms with Crippen molar-refractivity contribution in [3.63, 3.8) is 0 Å². The Morgan fingerprint density at radius 2 is 2.04 bits per heavy atom. The predicted molar refractivity (Wildman–Crippen MR) is 98.9 cm³/mol. The van der Waals surface area contributed by atoms with Gasteiger partial charge in [-0.15, -0.1) is 22.6 Å². The summed E-state index contributed by atoms with van der Waals surface area (Å²) in [5.74, 6) is 0.434. The average molecular weight is 385 g/mol. The van der Waals surface area contributed by atoms with Crippen LogP contribution in [0.25, 0.3) is 11.4 Å². The Bertz CT molecular complexity index is 684. The fourth-order valence-electron chi connectivity index (χ4n) is 2.79. The van der Waals surface area contributed by atoms with Gasteiger partial charge in [-0.2, -0.15) is 4.80 Å². The van der Waals surface area contributed by atoms with Gasteiger partial charge in [0.05, 0.1) is 0 Å². The average Bonchev–Trinajstić information content (AvgIpc) is 3.07. The standard InChI is InChI=1S/C16H21ClN6O.ClH/c1-2-14(16(24)19-13-7-9-18-10-8-13)23-21-15(20-22-23)11-3-5-12(17)6-4-11;/h3-6,13-14,18H,2,7-10H2,1H3,(H,19,24);1H. The lowest BCUT2D eigenvalue weighted by atomic mass is 10.1. The van der Waals surface area contributed by atoms with Gasteiger partial charge in [-0.1, -0.05) is 18.5 Å². The minimum absolute atomic E-state index is 0. The number of benzene rings is 1. The van der Waals surface area contributed by atoms with Crippen molar-refractivity contribution in [2.45, 2.75) is 38.3 Å². The molecule has 0 spiro atoms. The molecule has 1 aliphatic heterocycles. The van der Waals surface area contributed by atoms with Gasteiger partial charge in [-0.3, -0.25) is 4.79 Å². The molecule has 0 saturated carbocycles. The number of carbonyl (C=O) groups excluding carboxylic acids is 1. The van der Waals surface area contributed by atoms with Crippen LogP contribution in [0.3, 0.4) is 0 Å². The lowest BCUT2D eigenvalue weighted by Gasteiger charge is -2.25. The number of carbonyl (C=O) groups is 1. The Labute approximate surface area is 157 Å². The SMILES string of the molecule is CCC(C(=O)NC1CCNCC1)n1nnc(-c2ccc(Cl)cc2)n1.Cl. The van der Waals surface area contributed by atoms with Gasteiger partial charge in [0.2, 0.25) is 11.7 Å². The maximum Gasteiger partial charge on any atom is 0.247 e. The third kappa shape index (κ3) is 4.90. The van der Waals surface area contributed by atoms with E-state index in [2.05, 4.69) is 26.0 Å². The number of rotatable bonds is 5. The van der Waals surface area contributed by atoms with Crippen LogP contribution < -0.4 is 10.6 Å². The van der Waals surface area contributed by atoms with E-state index in [0.29, 0.717) is 17.3 Å². The van der Waals surface area contributed by atoms with Crippen LogP contribution in [-0.2, 0) is 4.79 Å². The minimum atomic E-state index is -0.451. The molecular formula is C16H22Cl2N6O. The normalized spacial score (nSPS) is 16.1. The highest BCUT2D eigenvalue weighted by Gasteiger charge is 2.25. The third-order valence-electron chi connectivity index (χ3n) is 4.18. The molecule has 1 aromatic heterocycles. The number of hydrogen-bond donors (Lipinski definition) is 2. The van der Waals surface area contributed by atoms with E-state index in [4.69, 9.17) is 11.6 Å². The fraction of sp³-hybridized carbons (Fsp3) is 0.500. The summed E-state index contributed by atoms with van der Waals surface area (Å²) in [6, 6.07) is 6.98. The van der Waals surface area contributed by atoms with Gasteiger partial charge in [0.25, 0.3) is 0 Å². The van der Waals surface area contributed by atoms with Crippen LogP contribution in [0.5, 0.6) is 0 Å². The first-order valence-electron chi connectivity index (χ1n) is 8.24. The van der Waals surface area contributed by atoms with E-state index < -0.39 is 6.04 Å². The highest BCUT2D eigenvalue weighted by Crippen LogP contribution is 2.18. The highest BCUT2D eigenvalue weighted by atomic mass is 35.5. The smallest absolute Gasteiger partial charge is 0.247 e. The summed E-state index contributed by atoms with van der Waals surface area (Å²) in [5.41, 5.74) is 0.819. The first-order valence-corrected chi connectivity index (χ1v) is 8.61. The van der Waals surface area contributed by atoms with Crippen LogP contribution in [-0.4, -0.2) is 45.2 Å². The van der Waals surface area contributed by atoms with Gasteiger partial charge in [0, 0.05) is 16.6 Å². The molecule has 9 heteroatoms. The monoisotopic (exact) mass is 384 g/mol. The summed E-state index contributed by atoms with van der Waals surface area (Å²) in [6.45, 7) is 3.81. The number of hydrogen-bond acceptors (Lipinski definition) is 5. The maximum absolute atomic E-state index is 12.6. The van der Waals surface area contributed by atoms with E-state index in [-0.39, 0.29) is 24.4 Å². The van der Waals surface area contributed by atoms with Crippen molar-refractivity contribution in [1.82, 2.24) is 30.8 Å². The molecule has 0 aliphatic carbocycles. The number of aromatic nitrogens is 4. The second kappa shape index (κ2) is 9.12. The number of halogens is 2. The van der Waals surface area contributed by atoms with Crippen LogP contribution >= 0.6 is 24.0 Å². The molecule has 1 fully saturated rings. The zero-order valence-corrected chi connectivity index (χ0v) is 15.6. The van der Waals surface area contributed by atoms with Gasteiger partial charge < -0.3 is 10.6 Å². The van der Waals surface area contributed by atoms with Gasteiger partial charge in [0.15, 0.2) is 6.04 Å². The summed E-state index contributed by atoms with van der Waals surface area (Å²) in [7, 11) is 0. The number of nitrogens with zero attached hydrogens (tertiary/aromatic N) is 4. The second-order valence-electron chi connectivity index (χ2n) is 5.90. The molecular weight excluding hydrogens is 363 g/mol. The van der Waals surface area contributed by atoms with E-state index in [9.17, 15) is 4.79 Å². The molecule has 7 nitrogen and oxygen atoms in total. The summed E-state index contributed by atoms with van der Waals surface area (Å²) in [5, 5.41) is 19.5. The molecule has 1 atom stereocenters. The molecule has 1 aliphatic rings. The van der Waals surface area contributed by atoms with Crippen LogP contribution in [0.1, 0.15) is 32.2 Å². The summed E-state index contributed by atoms with van der Waals surface area (Å²) in [6.07, 6.45) is 2.50. The Morgan fingerprint density at radius 1 is 1.36 bits per heavy atom. The molecule has 2 N–H and O–H groups in total. The molecule has 1 amide bonds. The Hall–Kier alpha value is -1.70. The Kier molecular flexibility index (Phi) is 7.16. The van der Waals surface area contributed by atoms with Crippen molar-refractivity contribution in [1.29, 1.82) is 0 Å². The van der Waals surface area contributed by atoms with E-state index in [0.717, 1.165) is 31.5 Å². The van der Waals surface area contributed by atoms with Crippen LogP contribution in [0.4, 0.5) is 0 Å². The van der Waals surface area contributed by atoms with Crippen molar-refractivity contribution in [3.05, 3.63) is 29.3 Å². The van der Waals surface area contributed by atoms with E-state index in [1.54, 1.807) is 12.1 Å². The van der Waals surface area contributed by atoms with Crippen LogP contribution in [0.2, 0.25) is 5.02 Å². The zero-order valence-electron chi connectivity index (χ0n) is 14.0. The number of piperidine rings is 1. The van der Waals surface area contributed by atoms with Gasteiger partial charge in [0.1, 0.15) is 0 Å². The molecule has 136 valence electrons. The van der Waals surface area contributed by atoms with E-state index in [1.165, 1.54) is 4.80 Å². The minimum Gasteiger partial charge on any atom is -0.351 e. The molecule has 1 aromatic carbocycles. The van der Waals surface area contributed by atoms with Gasteiger partial charge >= 0.3 is 0 Å². The molecule has 1 unspecified atom stereocenters. The summed E-state index contributed by atoms with van der Waals surface area (Å²) < 4.78 is 0. The maximum atomic E-state index is 12.6. The second-order valence-corrected chi connectivity index (χ2v) is 6.33. The van der Waals surface area contributed by atoms with Gasteiger partial charge in [-0.05, 0) is 61.8 Å². The largest absolute Gasteiger partial charge is 0.351 e. The highest BCUT2D eigenvalue weighted by molar-refractivity contribution is 6.30. The van der Waals surface area contributed by atoms with E-state index in [1.807, 2.05) is 19.1 Å². The molecule has 2 heterocycles. The fourth-order valence-corrected chi connectivity index (χ4v) is 2.91. The number of nitrogens with one attached hydrogen (secondary N) is 2. The zero-order chi connectivity index (χ0) is 16.9. The lowest BCUT2D eigenvalue weighted by Crippen LogP contribution is -2.45. The molecule has 2 aromatic rings. The van der Waals surface area contributed by atoms with Crippen molar-refractivity contribution < 1.29 is 4.79 Å². The van der Waals surface area contributed by atoms with Crippen molar-refractivity contribution >= 4 is 29.9 Å². The van der Waals surface area contributed by atoms with Gasteiger partial charge in [-0.25, -0.2) is 0 Å².